The molecular formula is C21H28N4O2. The van der Waals surface area contributed by atoms with Gasteiger partial charge in [-0.1, -0.05) is 41.1 Å². The van der Waals surface area contributed by atoms with Crippen LogP contribution in [0.25, 0.3) is 11.4 Å². The molecule has 1 aliphatic rings. The molecular weight excluding hydrogens is 340 g/mol. The van der Waals surface area contributed by atoms with Crippen LogP contribution in [0.5, 0.6) is 0 Å². The summed E-state index contributed by atoms with van der Waals surface area (Å²) in [5.74, 6) is 1.57. The average Bonchev–Trinajstić information content (AvgIpc) is 3.16. The van der Waals surface area contributed by atoms with Gasteiger partial charge in [0.05, 0.1) is 0 Å². The standard InChI is InChI=1S/C21H28N4O2/c1-3-4-7-20(26)25-15-13-24(14-16-25)12-5-6-19-22-21(23-27-19)18-10-8-17(2)9-11-18/h3,8-11H,1,4-7,12-16H2,2H3. The summed E-state index contributed by atoms with van der Waals surface area (Å²) in [6, 6.07) is 8.12. The first-order chi connectivity index (χ1) is 13.2. The van der Waals surface area contributed by atoms with Gasteiger partial charge in [0.1, 0.15) is 0 Å². The van der Waals surface area contributed by atoms with Gasteiger partial charge in [-0.15, -0.1) is 6.58 Å². The number of rotatable bonds is 8. The highest BCUT2D eigenvalue weighted by atomic mass is 16.5. The zero-order valence-corrected chi connectivity index (χ0v) is 16.1. The minimum absolute atomic E-state index is 0.240. The highest BCUT2D eigenvalue weighted by Crippen LogP contribution is 2.17. The first-order valence-corrected chi connectivity index (χ1v) is 9.66. The van der Waals surface area contributed by atoms with Crippen molar-refractivity contribution in [2.24, 2.45) is 0 Å². The van der Waals surface area contributed by atoms with E-state index >= 15 is 0 Å². The summed E-state index contributed by atoms with van der Waals surface area (Å²) in [7, 11) is 0. The molecule has 144 valence electrons. The molecule has 6 heteroatoms. The van der Waals surface area contributed by atoms with Crippen molar-refractivity contribution < 1.29 is 9.32 Å². The van der Waals surface area contributed by atoms with Gasteiger partial charge in [-0.05, 0) is 26.3 Å². The maximum atomic E-state index is 12.0. The van der Waals surface area contributed by atoms with Gasteiger partial charge in [0, 0.05) is 44.6 Å². The molecule has 0 aliphatic carbocycles. The SMILES string of the molecule is C=CCCC(=O)N1CCN(CCCc2nc(-c3ccc(C)cc3)no2)CC1. The van der Waals surface area contributed by atoms with Crippen LogP contribution in [0.15, 0.2) is 41.4 Å². The van der Waals surface area contributed by atoms with Crippen molar-refractivity contribution in [1.82, 2.24) is 19.9 Å². The Morgan fingerprint density at radius 1 is 1.22 bits per heavy atom. The third-order valence-electron chi connectivity index (χ3n) is 4.93. The second-order valence-electron chi connectivity index (χ2n) is 7.03. The minimum atomic E-state index is 0.240. The van der Waals surface area contributed by atoms with Crippen LogP contribution in [-0.4, -0.2) is 58.6 Å². The molecule has 2 aromatic rings. The van der Waals surface area contributed by atoms with Crippen LogP contribution in [0.1, 0.15) is 30.7 Å². The third-order valence-corrected chi connectivity index (χ3v) is 4.93. The Morgan fingerprint density at radius 2 is 1.96 bits per heavy atom. The molecule has 1 aromatic carbocycles. The molecule has 1 aromatic heterocycles. The van der Waals surface area contributed by atoms with E-state index in [2.05, 4.69) is 28.5 Å². The van der Waals surface area contributed by atoms with Crippen LogP contribution in [0.3, 0.4) is 0 Å². The summed E-state index contributed by atoms with van der Waals surface area (Å²) >= 11 is 0. The van der Waals surface area contributed by atoms with Gasteiger partial charge >= 0.3 is 0 Å². The number of aromatic nitrogens is 2. The molecule has 1 aliphatic heterocycles. The largest absolute Gasteiger partial charge is 0.340 e. The van der Waals surface area contributed by atoms with E-state index in [1.807, 2.05) is 29.2 Å². The number of allylic oxidation sites excluding steroid dienone is 1. The number of hydrogen-bond donors (Lipinski definition) is 0. The first-order valence-electron chi connectivity index (χ1n) is 9.66. The van der Waals surface area contributed by atoms with Gasteiger partial charge in [0.15, 0.2) is 0 Å². The molecule has 6 nitrogen and oxygen atoms in total. The Bertz CT molecular complexity index is 746. The van der Waals surface area contributed by atoms with Gasteiger partial charge in [-0.25, -0.2) is 0 Å². The van der Waals surface area contributed by atoms with Crippen LogP contribution < -0.4 is 0 Å². The van der Waals surface area contributed by atoms with Gasteiger partial charge in [0.2, 0.25) is 17.6 Å². The summed E-state index contributed by atoms with van der Waals surface area (Å²) in [6.07, 6.45) is 4.88. The Hall–Kier alpha value is -2.47. The maximum Gasteiger partial charge on any atom is 0.227 e. The molecule has 1 fully saturated rings. The number of carbonyl (C=O) groups excluding carboxylic acids is 1. The van der Waals surface area contributed by atoms with Crippen molar-refractivity contribution in [1.29, 1.82) is 0 Å². The fraction of sp³-hybridized carbons (Fsp3) is 0.476. The lowest BCUT2D eigenvalue weighted by Crippen LogP contribution is -2.48. The van der Waals surface area contributed by atoms with Crippen molar-refractivity contribution in [3.8, 4) is 11.4 Å². The predicted molar refractivity (Wildman–Crippen MR) is 105 cm³/mol. The van der Waals surface area contributed by atoms with Gasteiger partial charge in [0.25, 0.3) is 0 Å². The number of piperazine rings is 1. The predicted octanol–water partition coefficient (Wildman–Crippen LogP) is 3.09. The summed E-state index contributed by atoms with van der Waals surface area (Å²) in [5.41, 5.74) is 2.19. The van der Waals surface area contributed by atoms with E-state index < -0.39 is 0 Å². The van der Waals surface area contributed by atoms with E-state index in [1.165, 1.54) is 5.56 Å². The van der Waals surface area contributed by atoms with Gasteiger partial charge < -0.3 is 9.42 Å². The molecule has 0 N–H and O–H groups in total. The molecule has 2 heterocycles. The van der Waals surface area contributed by atoms with E-state index in [1.54, 1.807) is 6.08 Å². The number of benzene rings is 1. The second kappa shape index (κ2) is 9.46. The molecule has 0 atom stereocenters. The Balaban J connectivity index is 1.39. The topological polar surface area (TPSA) is 62.5 Å². The van der Waals surface area contributed by atoms with Crippen molar-refractivity contribution in [3.63, 3.8) is 0 Å². The Morgan fingerprint density at radius 3 is 2.67 bits per heavy atom. The van der Waals surface area contributed by atoms with E-state index in [9.17, 15) is 4.79 Å². The molecule has 0 radical (unpaired) electrons. The van der Waals surface area contributed by atoms with Crippen molar-refractivity contribution in [2.75, 3.05) is 32.7 Å². The van der Waals surface area contributed by atoms with Crippen molar-refractivity contribution in [3.05, 3.63) is 48.4 Å². The molecule has 3 rings (SSSR count). The fourth-order valence-corrected chi connectivity index (χ4v) is 3.23. The maximum absolute atomic E-state index is 12.0. The summed E-state index contributed by atoms with van der Waals surface area (Å²) in [5, 5.41) is 4.08. The number of nitrogens with zero attached hydrogens (tertiary/aromatic N) is 4. The number of aryl methyl sites for hydroxylation is 2. The Labute approximate surface area is 160 Å². The first kappa shape index (κ1) is 19.3. The third kappa shape index (κ3) is 5.50. The molecule has 1 amide bonds. The molecule has 0 spiro atoms. The Kier molecular flexibility index (Phi) is 6.76. The lowest BCUT2D eigenvalue weighted by atomic mass is 10.1. The van der Waals surface area contributed by atoms with Gasteiger partial charge in [-0.3, -0.25) is 9.69 Å². The van der Waals surface area contributed by atoms with Crippen LogP contribution in [0.4, 0.5) is 0 Å². The van der Waals surface area contributed by atoms with E-state index in [0.29, 0.717) is 18.1 Å². The quantitative estimate of drug-likeness (QED) is 0.670. The molecule has 0 unspecified atom stereocenters. The van der Waals surface area contributed by atoms with E-state index in [0.717, 1.165) is 57.5 Å². The smallest absolute Gasteiger partial charge is 0.227 e. The number of carbonyl (C=O) groups is 1. The monoisotopic (exact) mass is 368 g/mol. The van der Waals surface area contributed by atoms with E-state index in [-0.39, 0.29) is 5.91 Å². The molecule has 0 bridgehead atoms. The van der Waals surface area contributed by atoms with Crippen molar-refractivity contribution >= 4 is 5.91 Å². The summed E-state index contributed by atoms with van der Waals surface area (Å²) < 4.78 is 5.38. The van der Waals surface area contributed by atoms with Crippen LogP contribution >= 0.6 is 0 Å². The average molecular weight is 368 g/mol. The van der Waals surface area contributed by atoms with Crippen molar-refractivity contribution in [2.45, 2.75) is 32.6 Å². The molecule has 0 saturated carbocycles. The van der Waals surface area contributed by atoms with Crippen LogP contribution in [0.2, 0.25) is 0 Å². The molecule has 1 saturated heterocycles. The van der Waals surface area contributed by atoms with E-state index in [4.69, 9.17) is 4.52 Å². The number of amides is 1. The summed E-state index contributed by atoms with van der Waals surface area (Å²) in [4.78, 5) is 20.9. The zero-order chi connectivity index (χ0) is 19.1. The lowest BCUT2D eigenvalue weighted by molar-refractivity contribution is -0.132. The van der Waals surface area contributed by atoms with Gasteiger partial charge in [-0.2, -0.15) is 4.98 Å². The zero-order valence-electron chi connectivity index (χ0n) is 16.1. The fourth-order valence-electron chi connectivity index (χ4n) is 3.23. The number of hydrogen-bond acceptors (Lipinski definition) is 5. The highest BCUT2D eigenvalue weighted by Gasteiger charge is 2.20. The lowest BCUT2D eigenvalue weighted by Gasteiger charge is -2.34. The summed E-state index contributed by atoms with van der Waals surface area (Å²) in [6.45, 7) is 10.2. The van der Waals surface area contributed by atoms with Crippen LogP contribution in [0, 0.1) is 6.92 Å². The highest BCUT2D eigenvalue weighted by molar-refractivity contribution is 5.76. The van der Waals surface area contributed by atoms with Crippen LogP contribution in [-0.2, 0) is 11.2 Å². The normalized spacial score (nSPS) is 15.1. The minimum Gasteiger partial charge on any atom is -0.340 e. The molecule has 27 heavy (non-hydrogen) atoms. The second-order valence-corrected chi connectivity index (χ2v) is 7.03.